The summed E-state index contributed by atoms with van der Waals surface area (Å²) in [7, 11) is 1.56. The first-order valence-corrected chi connectivity index (χ1v) is 7.47. The number of hydrogen-bond donors (Lipinski definition) is 2. The van der Waals surface area contributed by atoms with E-state index in [2.05, 4.69) is 10.6 Å². The molecule has 0 aliphatic heterocycles. The number of nitriles is 1. The van der Waals surface area contributed by atoms with Crippen LogP contribution in [0.2, 0.25) is 0 Å². The number of carbonyl (C=O) groups is 2. The highest BCUT2D eigenvalue weighted by Crippen LogP contribution is 2.20. The SMILES string of the molecule is CC(=O)Nc1ccc(F)c(NC(=O)N(C)Cc2cccc(C#N)c2)c1. The molecule has 0 saturated carbocycles. The molecule has 0 aliphatic rings. The Morgan fingerprint density at radius 1 is 1.20 bits per heavy atom. The van der Waals surface area contributed by atoms with Crippen molar-refractivity contribution in [3.63, 3.8) is 0 Å². The molecule has 0 heterocycles. The average Bonchev–Trinajstić information content (AvgIpc) is 2.57. The molecule has 0 radical (unpaired) electrons. The van der Waals surface area contributed by atoms with Gasteiger partial charge in [0.2, 0.25) is 5.91 Å². The Hall–Kier alpha value is -3.40. The summed E-state index contributed by atoms with van der Waals surface area (Å²) in [5, 5.41) is 13.9. The molecule has 25 heavy (non-hydrogen) atoms. The van der Waals surface area contributed by atoms with Crippen LogP contribution < -0.4 is 10.6 Å². The number of hydrogen-bond acceptors (Lipinski definition) is 3. The molecule has 2 aromatic rings. The van der Waals surface area contributed by atoms with Crippen molar-refractivity contribution in [3.8, 4) is 6.07 Å². The van der Waals surface area contributed by atoms with Gasteiger partial charge in [-0.05, 0) is 35.9 Å². The molecule has 0 bridgehead atoms. The van der Waals surface area contributed by atoms with Crippen LogP contribution in [-0.4, -0.2) is 23.9 Å². The Kier molecular flexibility index (Phi) is 5.69. The van der Waals surface area contributed by atoms with Gasteiger partial charge in [0, 0.05) is 26.2 Å². The number of benzene rings is 2. The van der Waals surface area contributed by atoms with Gasteiger partial charge < -0.3 is 15.5 Å². The third-order valence-corrected chi connectivity index (χ3v) is 3.35. The second-order valence-corrected chi connectivity index (χ2v) is 5.47. The van der Waals surface area contributed by atoms with Gasteiger partial charge in [-0.3, -0.25) is 4.79 Å². The fraction of sp³-hybridized carbons (Fsp3) is 0.167. The predicted octanol–water partition coefficient (Wildman–Crippen LogP) is 3.32. The maximum Gasteiger partial charge on any atom is 0.321 e. The highest BCUT2D eigenvalue weighted by molar-refractivity contribution is 5.92. The van der Waals surface area contributed by atoms with E-state index in [1.165, 1.54) is 24.0 Å². The van der Waals surface area contributed by atoms with Crippen LogP contribution in [-0.2, 0) is 11.3 Å². The van der Waals surface area contributed by atoms with E-state index >= 15 is 0 Å². The van der Waals surface area contributed by atoms with Crippen LogP contribution in [0.4, 0.5) is 20.6 Å². The van der Waals surface area contributed by atoms with Crippen molar-refractivity contribution in [2.75, 3.05) is 17.7 Å². The van der Waals surface area contributed by atoms with Gasteiger partial charge in [0.15, 0.2) is 0 Å². The van der Waals surface area contributed by atoms with E-state index in [4.69, 9.17) is 5.26 Å². The van der Waals surface area contributed by atoms with E-state index in [0.29, 0.717) is 11.3 Å². The number of urea groups is 1. The molecule has 2 aromatic carbocycles. The summed E-state index contributed by atoms with van der Waals surface area (Å²) in [6.45, 7) is 1.60. The second kappa shape index (κ2) is 7.93. The lowest BCUT2D eigenvalue weighted by Crippen LogP contribution is -2.31. The summed E-state index contributed by atoms with van der Waals surface area (Å²) in [5.41, 5.74) is 1.63. The first kappa shape index (κ1) is 17.9. The van der Waals surface area contributed by atoms with Crippen molar-refractivity contribution in [3.05, 3.63) is 59.4 Å². The fourth-order valence-corrected chi connectivity index (χ4v) is 2.20. The largest absolute Gasteiger partial charge is 0.326 e. The first-order valence-electron chi connectivity index (χ1n) is 7.47. The molecule has 2 N–H and O–H groups in total. The quantitative estimate of drug-likeness (QED) is 0.895. The molecule has 0 fully saturated rings. The van der Waals surface area contributed by atoms with Crippen molar-refractivity contribution in [2.24, 2.45) is 0 Å². The second-order valence-electron chi connectivity index (χ2n) is 5.47. The molecule has 0 aromatic heterocycles. The number of amides is 3. The maximum absolute atomic E-state index is 13.9. The van der Waals surface area contributed by atoms with E-state index in [1.807, 2.05) is 6.07 Å². The molecule has 2 rings (SSSR count). The number of anilines is 2. The van der Waals surface area contributed by atoms with Crippen LogP contribution in [0, 0.1) is 17.1 Å². The highest BCUT2D eigenvalue weighted by atomic mass is 19.1. The standard InChI is InChI=1S/C18H17FN4O2/c1-12(24)21-15-6-7-16(19)17(9-15)22-18(25)23(2)11-14-5-3-4-13(8-14)10-20/h3-9H,11H2,1-2H3,(H,21,24)(H,22,25). The molecule has 128 valence electrons. The van der Waals surface area contributed by atoms with Crippen LogP contribution in [0.3, 0.4) is 0 Å². The Balaban J connectivity index is 2.08. The minimum atomic E-state index is -0.609. The van der Waals surface area contributed by atoms with Gasteiger partial charge >= 0.3 is 6.03 Å². The van der Waals surface area contributed by atoms with E-state index in [1.54, 1.807) is 31.3 Å². The number of carbonyl (C=O) groups excluding carboxylic acids is 2. The van der Waals surface area contributed by atoms with Crippen LogP contribution in [0.25, 0.3) is 0 Å². The summed E-state index contributed by atoms with van der Waals surface area (Å²) in [6.07, 6.45) is 0. The summed E-state index contributed by atoms with van der Waals surface area (Å²) < 4.78 is 13.9. The zero-order valence-electron chi connectivity index (χ0n) is 13.8. The highest BCUT2D eigenvalue weighted by Gasteiger charge is 2.13. The first-order chi connectivity index (χ1) is 11.9. The minimum Gasteiger partial charge on any atom is -0.326 e. The Bertz CT molecular complexity index is 845. The van der Waals surface area contributed by atoms with Crippen LogP contribution in [0.5, 0.6) is 0 Å². The number of nitrogens with zero attached hydrogens (tertiary/aromatic N) is 2. The van der Waals surface area contributed by atoms with Crippen molar-refractivity contribution < 1.29 is 14.0 Å². The lowest BCUT2D eigenvalue weighted by Gasteiger charge is -2.19. The van der Waals surface area contributed by atoms with Gasteiger partial charge in [-0.2, -0.15) is 5.26 Å². The molecule has 0 spiro atoms. The normalized spacial score (nSPS) is 9.84. The number of nitrogens with one attached hydrogen (secondary N) is 2. The third-order valence-electron chi connectivity index (χ3n) is 3.35. The Morgan fingerprint density at radius 3 is 2.64 bits per heavy atom. The van der Waals surface area contributed by atoms with Gasteiger partial charge in [-0.25, -0.2) is 9.18 Å². The van der Waals surface area contributed by atoms with Crippen molar-refractivity contribution in [1.82, 2.24) is 4.90 Å². The predicted molar refractivity (Wildman–Crippen MR) is 92.3 cm³/mol. The summed E-state index contributed by atoms with van der Waals surface area (Å²) in [5.74, 6) is -0.902. The van der Waals surface area contributed by atoms with Crippen LogP contribution in [0.15, 0.2) is 42.5 Å². The maximum atomic E-state index is 13.9. The average molecular weight is 340 g/mol. The minimum absolute atomic E-state index is 0.0334. The topological polar surface area (TPSA) is 85.2 Å². The molecule has 0 atom stereocenters. The van der Waals surface area contributed by atoms with Gasteiger partial charge in [-0.15, -0.1) is 0 Å². The molecule has 6 nitrogen and oxygen atoms in total. The third kappa shape index (κ3) is 5.04. The van der Waals surface area contributed by atoms with Crippen molar-refractivity contribution in [1.29, 1.82) is 5.26 Å². The smallest absolute Gasteiger partial charge is 0.321 e. The molecule has 0 unspecified atom stereocenters. The van der Waals surface area contributed by atoms with E-state index in [-0.39, 0.29) is 18.1 Å². The number of rotatable bonds is 4. The van der Waals surface area contributed by atoms with Gasteiger partial charge in [0.05, 0.1) is 17.3 Å². The number of halogens is 1. The summed E-state index contributed by atoms with van der Waals surface area (Å²) in [6, 6.07) is 12.3. The monoisotopic (exact) mass is 340 g/mol. The van der Waals surface area contributed by atoms with Crippen molar-refractivity contribution in [2.45, 2.75) is 13.5 Å². The van der Waals surface area contributed by atoms with Gasteiger partial charge in [-0.1, -0.05) is 12.1 Å². The molecular formula is C18H17FN4O2. The Morgan fingerprint density at radius 2 is 1.96 bits per heavy atom. The summed E-state index contributed by atoms with van der Waals surface area (Å²) in [4.78, 5) is 24.7. The van der Waals surface area contributed by atoms with E-state index < -0.39 is 11.8 Å². The summed E-state index contributed by atoms with van der Waals surface area (Å²) >= 11 is 0. The molecule has 0 aliphatic carbocycles. The molecule has 0 saturated heterocycles. The van der Waals surface area contributed by atoms with Gasteiger partial charge in [0.1, 0.15) is 5.82 Å². The van der Waals surface area contributed by atoms with E-state index in [0.717, 1.165) is 11.6 Å². The zero-order valence-corrected chi connectivity index (χ0v) is 13.8. The lowest BCUT2D eigenvalue weighted by molar-refractivity contribution is -0.114. The van der Waals surface area contributed by atoms with Crippen LogP contribution >= 0.6 is 0 Å². The zero-order chi connectivity index (χ0) is 18.4. The Labute approximate surface area is 144 Å². The molecule has 7 heteroatoms. The van der Waals surface area contributed by atoms with Crippen molar-refractivity contribution >= 4 is 23.3 Å². The van der Waals surface area contributed by atoms with Crippen LogP contribution in [0.1, 0.15) is 18.1 Å². The van der Waals surface area contributed by atoms with Gasteiger partial charge in [0.25, 0.3) is 0 Å². The van der Waals surface area contributed by atoms with E-state index in [9.17, 15) is 14.0 Å². The fourth-order valence-electron chi connectivity index (χ4n) is 2.20. The molecule has 3 amide bonds. The molecular weight excluding hydrogens is 323 g/mol. The lowest BCUT2D eigenvalue weighted by atomic mass is 10.1.